The molecule has 5 nitrogen and oxygen atoms in total. The maximum absolute atomic E-state index is 12.0. The summed E-state index contributed by atoms with van der Waals surface area (Å²) in [5.74, 6) is 0.632. The van der Waals surface area contributed by atoms with E-state index in [1.165, 1.54) is 0 Å². The number of nitrogens with one attached hydrogen (secondary N) is 2. The molecule has 20 heavy (non-hydrogen) atoms. The topological polar surface area (TPSA) is 57.3 Å². The number of anilines is 1. The van der Waals surface area contributed by atoms with Crippen molar-refractivity contribution >= 4 is 11.7 Å². The van der Waals surface area contributed by atoms with E-state index in [9.17, 15) is 4.79 Å². The Labute approximate surface area is 121 Å². The maximum Gasteiger partial charge on any atom is 0.269 e. The van der Waals surface area contributed by atoms with E-state index in [0.717, 1.165) is 38.4 Å². The Bertz CT molecular complexity index is 405. The average molecular weight is 278 g/mol. The highest BCUT2D eigenvalue weighted by molar-refractivity contribution is 5.92. The number of carbonyl (C=O) groups is 1. The quantitative estimate of drug-likeness (QED) is 0.678. The number of hydrogen-bond acceptors (Lipinski definition) is 4. The van der Waals surface area contributed by atoms with Gasteiger partial charge in [0.15, 0.2) is 0 Å². The molecule has 0 unspecified atom stereocenters. The third-order valence-corrected chi connectivity index (χ3v) is 3.17. The van der Waals surface area contributed by atoms with Gasteiger partial charge in [-0.2, -0.15) is 0 Å². The molecule has 5 heteroatoms. The number of carbonyl (C=O) groups excluding carboxylic acids is 1. The molecule has 1 aromatic rings. The lowest BCUT2D eigenvalue weighted by atomic mass is 10.3. The van der Waals surface area contributed by atoms with Crippen LogP contribution in [0, 0.1) is 0 Å². The van der Waals surface area contributed by atoms with Crippen LogP contribution in [0.2, 0.25) is 0 Å². The van der Waals surface area contributed by atoms with Crippen molar-refractivity contribution in [2.24, 2.45) is 0 Å². The first kappa shape index (κ1) is 16.4. The smallest absolute Gasteiger partial charge is 0.269 e. The minimum Gasteiger partial charge on any atom is -0.370 e. The zero-order chi connectivity index (χ0) is 14.8. The van der Waals surface area contributed by atoms with Crippen LogP contribution < -0.4 is 10.6 Å². The van der Waals surface area contributed by atoms with E-state index in [-0.39, 0.29) is 5.91 Å². The minimum atomic E-state index is -0.107. The molecule has 0 aliphatic heterocycles. The fraction of sp³-hybridized carbons (Fsp3) is 0.600. The van der Waals surface area contributed by atoms with E-state index in [2.05, 4.69) is 34.4 Å². The molecule has 0 fully saturated rings. The molecule has 1 aromatic heterocycles. The Morgan fingerprint density at radius 1 is 1.25 bits per heavy atom. The van der Waals surface area contributed by atoms with Gasteiger partial charge in [0.25, 0.3) is 5.91 Å². The van der Waals surface area contributed by atoms with E-state index < -0.39 is 0 Å². The predicted octanol–water partition coefficient (Wildman–Crippen LogP) is 1.98. The fourth-order valence-electron chi connectivity index (χ4n) is 1.98. The Kier molecular flexibility index (Phi) is 7.65. The monoisotopic (exact) mass is 278 g/mol. The molecule has 0 radical (unpaired) electrons. The lowest BCUT2D eigenvalue weighted by Gasteiger charge is -2.17. The first-order valence-electron chi connectivity index (χ1n) is 7.42. The Hall–Kier alpha value is -1.62. The Balaban J connectivity index is 2.37. The van der Waals surface area contributed by atoms with Gasteiger partial charge in [0.2, 0.25) is 0 Å². The summed E-state index contributed by atoms with van der Waals surface area (Å²) in [7, 11) is 0. The highest BCUT2D eigenvalue weighted by atomic mass is 16.1. The first-order chi connectivity index (χ1) is 9.71. The summed E-state index contributed by atoms with van der Waals surface area (Å²) < 4.78 is 0. The lowest BCUT2D eigenvalue weighted by Crippen LogP contribution is -2.30. The van der Waals surface area contributed by atoms with Crippen LogP contribution in [0.3, 0.4) is 0 Å². The highest BCUT2D eigenvalue weighted by Crippen LogP contribution is 2.04. The van der Waals surface area contributed by atoms with E-state index >= 15 is 0 Å². The summed E-state index contributed by atoms with van der Waals surface area (Å²) in [5.41, 5.74) is 0.464. The van der Waals surface area contributed by atoms with Crippen molar-refractivity contribution < 1.29 is 4.79 Å². The SMILES string of the molecule is CCNc1cccc(C(=O)NCCCN(CC)CC)n1. The molecular weight excluding hydrogens is 252 g/mol. The summed E-state index contributed by atoms with van der Waals surface area (Å²) in [6, 6.07) is 5.44. The van der Waals surface area contributed by atoms with Crippen molar-refractivity contribution in [1.82, 2.24) is 15.2 Å². The molecular formula is C15H26N4O. The van der Waals surface area contributed by atoms with Gasteiger partial charge in [-0.15, -0.1) is 0 Å². The largest absolute Gasteiger partial charge is 0.370 e. The zero-order valence-corrected chi connectivity index (χ0v) is 12.8. The summed E-state index contributed by atoms with van der Waals surface area (Å²) >= 11 is 0. The predicted molar refractivity (Wildman–Crippen MR) is 83.1 cm³/mol. The minimum absolute atomic E-state index is 0.107. The number of hydrogen-bond donors (Lipinski definition) is 2. The van der Waals surface area contributed by atoms with Crippen LogP contribution in [0.5, 0.6) is 0 Å². The summed E-state index contributed by atoms with van der Waals surface area (Å²) in [5, 5.41) is 6.02. The maximum atomic E-state index is 12.0. The number of pyridine rings is 1. The third-order valence-electron chi connectivity index (χ3n) is 3.17. The van der Waals surface area contributed by atoms with E-state index in [0.29, 0.717) is 12.2 Å². The second kappa shape index (κ2) is 9.31. The third kappa shape index (κ3) is 5.57. The van der Waals surface area contributed by atoms with Crippen molar-refractivity contribution in [2.45, 2.75) is 27.2 Å². The molecule has 0 aromatic carbocycles. The molecule has 0 aliphatic carbocycles. The number of nitrogens with zero attached hydrogens (tertiary/aromatic N) is 2. The van der Waals surface area contributed by atoms with E-state index in [1.807, 2.05) is 19.1 Å². The van der Waals surface area contributed by atoms with Gasteiger partial charge in [-0.1, -0.05) is 19.9 Å². The lowest BCUT2D eigenvalue weighted by molar-refractivity contribution is 0.0947. The molecule has 0 saturated carbocycles. The Morgan fingerprint density at radius 2 is 2.00 bits per heavy atom. The standard InChI is InChI=1S/C15H26N4O/c1-4-16-14-10-7-9-13(18-14)15(20)17-11-8-12-19(5-2)6-3/h7,9-10H,4-6,8,11-12H2,1-3H3,(H,16,18)(H,17,20). The van der Waals surface area contributed by atoms with Crippen LogP contribution in [0.1, 0.15) is 37.7 Å². The van der Waals surface area contributed by atoms with Gasteiger partial charge in [0, 0.05) is 13.1 Å². The molecule has 0 bridgehead atoms. The second-order valence-electron chi connectivity index (χ2n) is 4.57. The van der Waals surface area contributed by atoms with Gasteiger partial charge in [0.1, 0.15) is 11.5 Å². The average Bonchev–Trinajstić information content (AvgIpc) is 2.48. The van der Waals surface area contributed by atoms with Crippen LogP contribution in [-0.2, 0) is 0 Å². The van der Waals surface area contributed by atoms with Crippen molar-refractivity contribution in [3.05, 3.63) is 23.9 Å². The Morgan fingerprint density at radius 3 is 2.65 bits per heavy atom. The molecule has 112 valence electrons. The van der Waals surface area contributed by atoms with Gasteiger partial charge < -0.3 is 15.5 Å². The van der Waals surface area contributed by atoms with Gasteiger partial charge >= 0.3 is 0 Å². The number of rotatable bonds is 9. The van der Waals surface area contributed by atoms with Crippen LogP contribution in [-0.4, -0.2) is 48.5 Å². The molecule has 0 spiro atoms. The van der Waals surface area contributed by atoms with Crippen molar-refractivity contribution in [3.63, 3.8) is 0 Å². The van der Waals surface area contributed by atoms with Gasteiger partial charge in [-0.25, -0.2) is 4.98 Å². The van der Waals surface area contributed by atoms with Crippen LogP contribution in [0.15, 0.2) is 18.2 Å². The fourth-order valence-corrected chi connectivity index (χ4v) is 1.98. The van der Waals surface area contributed by atoms with Crippen molar-refractivity contribution in [3.8, 4) is 0 Å². The molecule has 0 atom stereocenters. The summed E-state index contributed by atoms with van der Waals surface area (Å²) in [6.45, 7) is 10.9. The van der Waals surface area contributed by atoms with Gasteiger partial charge in [-0.3, -0.25) is 4.79 Å². The van der Waals surface area contributed by atoms with Crippen LogP contribution in [0.25, 0.3) is 0 Å². The number of aromatic nitrogens is 1. The summed E-state index contributed by atoms with van der Waals surface area (Å²) in [4.78, 5) is 18.6. The molecule has 0 saturated heterocycles. The molecule has 1 heterocycles. The van der Waals surface area contributed by atoms with E-state index in [4.69, 9.17) is 0 Å². The number of amides is 1. The molecule has 1 amide bonds. The normalized spacial score (nSPS) is 10.6. The van der Waals surface area contributed by atoms with Crippen LogP contribution in [0.4, 0.5) is 5.82 Å². The van der Waals surface area contributed by atoms with Gasteiger partial charge in [-0.05, 0) is 45.1 Å². The summed E-state index contributed by atoms with van der Waals surface area (Å²) in [6.07, 6.45) is 0.959. The first-order valence-corrected chi connectivity index (χ1v) is 7.42. The van der Waals surface area contributed by atoms with Crippen molar-refractivity contribution in [1.29, 1.82) is 0 Å². The van der Waals surface area contributed by atoms with Crippen molar-refractivity contribution in [2.75, 3.05) is 38.0 Å². The van der Waals surface area contributed by atoms with E-state index in [1.54, 1.807) is 6.07 Å². The molecule has 1 rings (SSSR count). The highest BCUT2D eigenvalue weighted by Gasteiger charge is 2.07. The van der Waals surface area contributed by atoms with Crippen LogP contribution >= 0.6 is 0 Å². The molecule has 0 aliphatic rings. The second-order valence-corrected chi connectivity index (χ2v) is 4.57. The van der Waals surface area contributed by atoms with Gasteiger partial charge in [0.05, 0.1) is 0 Å². The zero-order valence-electron chi connectivity index (χ0n) is 12.8. The molecule has 2 N–H and O–H groups in total.